The van der Waals surface area contributed by atoms with Gasteiger partial charge in [0.25, 0.3) is 5.56 Å². The van der Waals surface area contributed by atoms with Gasteiger partial charge in [-0.05, 0) is 5.92 Å². The van der Waals surface area contributed by atoms with Crippen molar-refractivity contribution in [1.82, 2.24) is 19.1 Å². The zero-order valence-corrected chi connectivity index (χ0v) is 17.8. The lowest BCUT2D eigenvalue weighted by Crippen LogP contribution is -2.33. The van der Waals surface area contributed by atoms with Gasteiger partial charge in [0.05, 0.1) is 12.6 Å². The molecule has 3 rings (SSSR count). The maximum absolute atomic E-state index is 13.3. The molecule has 0 saturated carbocycles. The van der Waals surface area contributed by atoms with E-state index in [4.69, 9.17) is 15.9 Å². The molecule has 166 valence electrons. The normalized spacial score (nSPS) is 21.6. The molecule has 0 aliphatic carbocycles. The maximum atomic E-state index is 13.3. The summed E-state index contributed by atoms with van der Waals surface area (Å²) in [7, 11) is 0. The highest BCUT2D eigenvalue weighted by atomic mass is 16.6. The molecule has 2 N–H and O–H groups in total. The quantitative estimate of drug-likeness (QED) is 0.508. The molecule has 0 radical (unpaired) electrons. The molecule has 2 aromatic rings. The van der Waals surface area contributed by atoms with Crippen LogP contribution >= 0.6 is 0 Å². The number of terminal acetylenes is 1. The Morgan fingerprint density at radius 2 is 2.13 bits per heavy atom. The van der Waals surface area contributed by atoms with Crippen molar-refractivity contribution in [2.75, 3.05) is 5.32 Å². The average Bonchev–Trinajstić information content (AvgIpc) is 3.19. The third-order valence-electron chi connectivity index (χ3n) is 5.30. The second-order valence-electron chi connectivity index (χ2n) is 7.54. The molecule has 3 heterocycles. The fourth-order valence-corrected chi connectivity index (χ4v) is 3.72. The predicted molar refractivity (Wildman–Crippen MR) is 111 cm³/mol. The molecule has 4 atom stereocenters. The molecule has 1 fully saturated rings. The summed E-state index contributed by atoms with van der Waals surface area (Å²) in [6.45, 7) is 6.37. The zero-order valence-electron chi connectivity index (χ0n) is 17.8. The van der Waals surface area contributed by atoms with Gasteiger partial charge in [0.1, 0.15) is 6.10 Å². The van der Waals surface area contributed by atoms with Crippen LogP contribution in [0.3, 0.4) is 0 Å². The minimum absolute atomic E-state index is 0.0281. The van der Waals surface area contributed by atoms with Crippen LogP contribution in [0.2, 0.25) is 0 Å². The number of amides is 1. The molecule has 0 unspecified atom stereocenters. The van der Waals surface area contributed by atoms with Crippen LogP contribution in [0.1, 0.15) is 46.8 Å². The van der Waals surface area contributed by atoms with Gasteiger partial charge in [-0.2, -0.15) is 4.98 Å². The SMILES string of the molecule is C#CCn1c(=O)n([C@@H]2O[C@H]([C@H](C)CC)C[C@H]2OC(C)=O)c2nc(NC(C)=O)[nH]c(=O)c21. The Morgan fingerprint density at radius 1 is 1.42 bits per heavy atom. The third kappa shape index (κ3) is 4.25. The molecule has 1 aliphatic rings. The standard InChI is InChI=1S/C20H25N5O6/c1-6-8-24-15-16(22-19(21-11(4)26)23-17(15)28)25(20(24)29)18-14(30-12(5)27)9-13(31-18)10(3)7-2/h1,10,13-14,18H,7-9H2,2-5H3,(H2,21,22,23,26,28)/t10-,13+,14-,18-/m1/s1. The van der Waals surface area contributed by atoms with Gasteiger partial charge >= 0.3 is 11.7 Å². The second-order valence-corrected chi connectivity index (χ2v) is 7.54. The molecular formula is C20H25N5O6. The number of carbonyl (C=O) groups excluding carboxylic acids is 2. The van der Waals surface area contributed by atoms with Gasteiger partial charge in [0.15, 0.2) is 17.4 Å². The summed E-state index contributed by atoms with van der Waals surface area (Å²) in [6, 6.07) is 0. The Balaban J connectivity index is 2.24. The Bertz CT molecular complexity index is 1170. The Hall–Kier alpha value is -3.39. The van der Waals surface area contributed by atoms with Crippen LogP contribution in [0.5, 0.6) is 0 Å². The van der Waals surface area contributed by atoms with E-state index in [1.54, 1.807) is 0 Å². The predicted octanol–water partition coefficient (Wildman–Crippen LogP) is 0.743. The highest BCUT2D eigenvalue weighted by molar-refractivity contribution is 5.87. The van der Waals surface area contributed by atoms with Crippen LogP contribution in [-0.4, -0.2) is 43.2 Å². The first-order valence-electron chi connectivity index (χ1n) is 9.96. The van der Waals surface area contributed by atoms with Gasteiger partial charge in [-0.1, -0.05) is 26.2 Å². The first-order chi connectivity index (χ1) is 14.7. The van der Waals surface area contributed by atoms with Gasteiger partial charge in [-0.15, -0.1) is 6.42 Å². The van der Waals surface area contributed by atoms with Crippen LogP contribution in [-0.2, 0) is 25.6 Å². The topological polar surface area (TPSA) is 137 Å². The molecule has 1 saturated heterocycles. The molecule has 0 spiro atoms. The van der Waals surface area contributed by atoms with Crippen molar-refractivity contribution in [1.29, 1.82) is 0 Å². The smallest absolute Gasteiger partial charge is 0.333 e. The van der Waals surface area contributed by atoms with Gasteiger partial charge in [0, 0.05) is 20.3 Å². The van der Waals surface area contributed by atoms with E-state index >= 15 is 0 Å². The zero-order chi connectivity index (χ0) is 22.9. The van der Waals surface area contributed by atoms with Gasteiger partial charge < -0.3 is 9.47 Å². The molecule has 1 amide bonds. The number of aromatic nitrogens is 4. The van der Waals surface area contributed by atoms with Crippen molar-refractivity contribution in [3.8, 4) is 12.3 Å². The highest BCUT2D eigenvalue weighted by Crippen LogP contribution is 2.36. The Labute approximate surface area is 177 Å². The minimum Gasteiger partial charge on any atom is -0.458 e. The van der Waals surface area contributed by atoms with Crippen LogP contribution in [0.4, 0.5) is 5.95 Å². The van der Waals surface area contributed by atoms with E-state index in [-0.39, 0.29) is 35.7 Å². The van der Waals surface area contributed by atoms with E-state index < -0.39 is 35.5 Å². The summed E-state index contributed by atoms with van der Waals surface area (Å²) in [5, 5.41) is 2.40. The van der Waals surface area contributed by atoms with E-state index in [1.165, 1.54) is 18.4 Å². The van der Waals surface area contributed by atoms with Crippen LogP contribution < -0.4 is 16.6 Å². The first kappa shape index (κ1) is 22.3. The third-order valence-corrected chi connectivity index (χ3v) is 5.30. The summed E-state index contributed by atoms with van der Waals surface area (Å²) < 4.78 is 13.9. The Kier molecular flexibility index (Phi) is 6.31. The number of hydrogen-bond donors (Lipinski definition) is 2. The number of ether oxygens (including phenoxy) is 2. The number of anilines is 1. The van der Waals surface area contributed by atoms with Crippen molar-refractivity contribution in [3.05, 3.63) is 20.8 Å². The van der Waals surface area contributed by atoms with Crippen molar-refractivity contribution >= 4 is 29.0 Å². The number of hydrogen-bond acceptors (Lipinski definition) is 7. The number of imidazole rings is 1. The van der Waals surface area contributed by atoms with Crippen LogP contribution in [0, 0.1) is 18.3 Å². The summed E-state index contributed by atoms with van der Waals surface area (Å²) in [5.41, 5.74) is -1.37. The summed E-state index contributed by atoms with van der Waals surface area (Å²) in [4.78, 5) is 55.8. The second kappa shape index (κ2) is 8.77. The van der Waals surface area contributed by atoms with Crippen molar-refractivity contribution in [2.45, 2.75) is 65.5 Å². The molecule has 2 aromatic heterocycles. The largest absolute Gasteiger partial charge is 0.458 e. The van der Waals surface area contributed by atoms with E-state index in [1.807, 2.05) is 13.8 Å². The summed E-state index contributed by atoms with van der Waals surface area (Å²) in [6.07, 6.45) is 4.57. The van der Waals surface area contributed by atoms with Gasteiger partial charge in [-0.3, -0.25) is 29.3 Å². The molecular weight excluding hydrogens is 406 g/mol. The number of fused-ring (bicyclic) bond motifs is 1. The number of esters is 1. The summed E-state index contributed by atoms with van der Waals surface area (Å²) in [5.74, 6) is 1.39. The van der Waals surface area contributed by atoms with Crippen molar-refractivity contribution in [3.63, 3.8) is 0 Å². The molecule has 1 aliphatic heterocycles. The van der Waals surface area contributed by atoms with E-state index in [2.05, 4.69) is 21.2 Å². The molecule has 0 bridgehead atoms. The van der Waals surface area contributed by atoms with E-state index in [9.17, 15) is 19.2 Å². The van der Waals surface area contributed by atoms with Crippen LogP contribution in [0.15, 0.2) is 9.59 Å². The van der Waals surface area contributed by atoms with Crippen molar-refractivity contribution < 1.29 is 19.1 Å². The van der Waals surface area contributed by atoms with E-state index in [0.717, 1.165) is 11.0 Å². The lowest BCUT2D eigenvalue weighted by Gasteiger charge is -2.20. The van der Waals surface area contributed by atoms with Crippen molar-refractivity contribution in [2.24, 2.45) is 5.92 Å². The number of nitrogens with one attached hydrogen (secondary N) is 2. The first-order valence-corrected chi connectivity index (χ1v) is 9.96. The maximum Gasteiger partial charge on any atom is 0.333 e. The van der Waals surface area contributed by atoms with Crippen LogP contribution in [0.25, 0.3) is 11.2 Å². The monoisotopic (exact) mass is 431 g/mol. The number of rotatable bonds is 6. The lowest BCUT2D eigenvalue weighted by molar-refractivity contribution is -0.152. The fraction of sp³-hybridized carbons (Fsp3) is 0.550. The number of aromatic amines is 1. The Morgan fingerprint density at radius 3 is 2.71 bits per heavy atom. The van der Waals surface area contributed by atoms with Gasteiger partial charge in [-0.25, -0.2) is 9.36 Å². The van der Waals surface area contributed by atoms with Gasteiger partial charge in [0.2, 0.25) is 11.9 Å². The average molecular weight is 431 g/mol. The number of carbonyl (C=O) groups is 2. The minimum atomic E-state index is -1.00. The number of nitrogens with zero attached hydrogens (tertiary/aromatic N) is 3. The molecule has 31 heavy (non-hydrogen) atoms. The van der Waals surface area contributed by atoms with E-state index in [0.29, 0.717) is 6.42 Å². The highest BCUT2D eigenvalue weighted by Gasteiger charge is 2.43. The molecule has 11 heteroatoms. The lowest BCUT2D eigenvalue weighted by atomic mass is 9.99. The molecule has 0 aromatic carbocycles. The fourth-order valence-electron chi connectivity index (χ4n) is 3.72. The summed E-state index contributed by atoms with van der Waals surface area (Å²) >= 11 is 0. The molecule has 11 nitrogen and oxygen atoms in total. The number of H-pyrrole nitrogens is 1.